The molecule has 0 aliphatic heterocycles. The zero-order chi connectivity index (χ0) is 21.2. The Hall–Kier alpha value is -1.53. The van der Waals surface area contributed by atoms with Crippen LogP contribution in [0.3, 0.4) is 0 Å². The summed E-state index contributed by atoms with van der Waals surface area (Å²) in [6.07, 6.45) is 5.54. The number of fused-ring (bicyclic) bond motifs is 5. The van der Waals surface area contributed by atoms with Crippen LogP contribution in [0.15, 0.2) is 11.6 Å². The Balaban J connectivity index is 1.65. The number of carbonyl (C=O) groups excluding carboxylic acids is 3. The smallest absolute Gasteiger partial charge is 0.303 e. The fourth-order valence-electron chi connectivity index (χ4n) is 7.44. The normalized spacial score (nSPS) is 46.2. The molecular weight excluding hydrogens is 372 g/mol. The maximum Gasteiger partial charge on any atom is 0.303 e. The van der Waals surface area contributed by atoms with Gasteiger partial charge >= 0.3 is 5.97 Å². The molecule has 0 amide bonds. The van der Waals surface area contributed by atoms with Gasteiger partial charge in [0, 0.05) is 18.8 Å². The highest BCUT2D eigenvalue weighted by Crippen LogP contribution is 2.67. The molecule has 7 atom stereocenters. The summed E-state index contributed by atoms with van der Waals surface area (Å²) >= 11 is 0. The van der Waals surface area contributed by atoms with Crippen molar-refractivity contribution in [3.8, 4) is 0 Å². The van der Waals surface area contributed by atoms with Gasteiger partial charge in [-0.1, -0.05) is 19.4 Å². The van der Waals surface area contributed by atoms with Crippen molar-refractivity contribution in [1.82, 2.24) is 0 Å². The molecular formula is C23H32O6. The first-order valence-corrected chi connectivity index (χ1v) is 10.8. The van der Waals surface area contributed by atoms with Crippen LogP contribution in [0.4, 0.5) is 0 Å². The topological polar surface area (TPSA) is 101 Å². The van der Waals surface area contributed by atoms with Crippen LogP contribution in [-0.2, 0) is 19.1 Å². The second-order valence-electron chi connectivity index (χ2n) is 10.2. The molecule has 4 rings (SSSR count). The average molecular weight is 405 g/mol. The fraction of sp³-hybridized carbons (Fsp3) is 0.783. The Morgan fingerprint density at radius 2 is 1.93 bits per heavy atom. The summed E-state index contributed by atoms with van der Waals surface area (Å²) < 4.78 is 4.89. The first-order chi connectivity index (χ1) is 13.5. The molecule has 0 bridgehead atoms. The van der Waals surface area contributed by atoms with Crippen LogP contribution in [0.5, 0.6) is 0 Å². The highest BCUT2D eigenvalue weighted by atomic mass is 16.5. The third kappa shape index (κ3) is 2.86. The molecule has 6 nitrogen and oxygen atoms in total. The molecule has 0 radical (unpaired) electrons. The van der Waals surface area contributed by atoms with E-state index >= 15 is 0 Å². The van der Waals surface area contributed by atoms with Crippen molar-refractivity contribution in [3.05, 3.63) is 11.6 Å². The maximum atomic E-state index is 12.9. The summed E-state index contributed by atoms with van der Waals surface area (Å²) in [6.45, 7) is 4.92. The van der Waals surface area contributed by atoms with Gasteiger partial charge < -0.3 is 14.9 Å². The molecule has 0 unspecified atom stereocenters. The second-order valence-corrected chi connectivity index (χ2v) is 10.2. The van der Waals surface area contributed by atoms with Crippen LogP contribution >= 0.6 is 0 Å². The Kier molecular flexibility index (Phi) is 4.82. The number of ether oxygens (including phenoxy) is 1. The van der Waals surface area contributed by atoms with Gasteiger partial charge in [0.1, 0.15) is 5.60 Å². The molecule has 4 aliphatic rings. The molecule has 0 aromatic carbocycles. The van der Waals surface area contributed by atoms with Crippen LogP contribution in [0.2, 0.25) is 0 Å². The first-order valence-electron chi connectivity index (χ1n) is 10.8. The summed E-state index contributed by atoms with van der Waals surface area (Å²) in [5.41, 5.74) is -1.36. The molecule has 29 heavy (non-hydrogen) atoms. The minimum atomic E-state index is -1.58. The van der Waals surface area contributed by atoms with Crippen LogP contribution in [0.1, 0.15) is 65.7 Å². The van der Waals surface area contributed by atoms with E-state index in [-0.39, 0.29) is 29.0 Å². The van der Waals surface area contributed by atoms with Crippen LogP contribution in [-0.4, -0.2) is 46.1 Å². The highest BCUT2D eigenvalue weighted by molar-refractivity contribution is 5.92. The molecule has 160 valence electrons. The SMILES string of the molecule is CC(=O)OCC(=O)[C@@]1(O)CC[C@H]2[C@@H]3CCC4=CC(=O)CC[C@@]4(C)[C@H]3[C@@H](O)C[C@@]21C. The number of aliphatic hydroxyl groups excluding tert-OH is 1. The third-order valence-electron chi connectivity index (χ3n) is 8.92. The minimum Gasteiger partial charge on any atom is -0.458 e. The van der Waals surface area contributed by atoms with E-state index in [4.69, 9.17) is 4.74 Å². The predicted octanol–water partition coefficient (Wildman–Crippen LogP) is 2.35. The Bertz CT molecular complexity index is 786. The van der Waals surface area contributed by atoms with Crippen LogP contribution < -0.4 is 0 Å². The molecule has 0 spiro atoms. The molecule has 0 aromatic rings. The zero-order valence-electron chi connectivity index (χ0n) is 17.6. The number of hydrogen-bond acceptors (Lipinski definition) is 6. The average Bonchev–Trinajstić information content (AvgIpc) is 2.91. The number of esters is 1. The van der Waals surface area contributed by atoms with Crippen molar-refractivity contribution in [2.75, 3.05) is 6.61 Å². The van der Waals surface area contributed by atoms with Gasteiger partial charge in [0.05, 0.1) is 6.10 Å². The van der Waals surface area contributed by atoms with Gasteiger partial charge in [-0.05, 0) is 67.8 Å². The number of aliphatic hydroxyl groups is 2. The summed E-state index contributed by atoms with van der Waals surface area (Å²) in [5.74, 6) is -0.462. The van der Waals surface area contributed by atoms with E-state index in [0.29, 0.717) is 19.3 Å². The largest absolute Gasteiger partial charge is 0.458 e. The van der Waals surface area contributed by atoms with Crippen molar-refractivity contribution in [1.29, 1.82) is 0 Å². The lowest BCUT2D eigenvalue weighted by molar-refractivity contribution is -0.184. The van der Waals surface area contributed by atoms with Crippen molar-refractivity contribution < 1.29 is 29.3 Å². The number of hydrogen-bond donors (Lipinski definition) is 2. The molecule has 6 heteroatoms. The molecule has 4 aliphatic carbocycles. The molecule has 2 N–H and O–H groups in total. The van der Waals surface area contributed by atoms with Crippen molar-refractivity contribution in [2.45, 2.75) is 77.4 Å². The van der Waals surface area contributed by atoms with E-state index in [1.807, 2.05) is 6.92 Å². The lowest BCUT2D eigenvalue weighted by Gasteiger charge is -2.60. The van der Waals surface area contributed by atoms with Gasteiger partial charge in [-0.15, -0.1) is 0 Å². The summed E-state index contributed by atoms with van der Waals surface area (Å²) in [7, 11) is 0. The van der Waals surface area contributed by atoms with Gasteiger partial charge in [-0.25, -0.2) is 0 Å². The number of allylic oxidation sites excluding steroid dienone is 1. The predicted molar refractivity (Wildman–Crippen MR) is 105 cm³/mol. The van der Waals surface area contributed by atoms with E-state index in [9.17, 15) is 24.6 Å². The highest BCUT2D eigenvalue weighted by Gasteiger charge is 2.68. The molecule has 3 saturated carbocycles. The standard InChI is InChI=1S/C23H32O6/c1-13(24)29-12-19(27)23(28)9-7-17-16-5-4-14-10-15(25)6-8-21(14,2)20(16)18(26)11-22(17,23)3/h10,16-18,20,26,28H,4-9,11-12H2,1-3H3/t16-,17-,18-,20+,21+,22-,23-/m0/s1. The van der Waals surface area contributed by atoms with Crippen molar-refractivity contribution in [2.24, 2.45) is 28.6 Å². The minimum absolute atomic E-state index is 0.0413. The molecule has 0 aromatic heterocycles. The van der Waals surface area contributed by atoms with E-state index in [1.165, 1.54) is 6.92 Å². The van der Waals surface area contributed by atoms with E-state index in [0.717, 1.165) is 31.3 Å². The zero-order valence-corrected chi connectivity index (χ0v) is 17.6. The van der Waals surface area contributed by atoms with Crippen molar-refractivity contribution >= 4 is 17.5 Å². The van der Waals surface area contributed by atoms with E-state index < -0.39 is 35.5 Å². The lowest BCUT2D eigenvalue weighted by Crippen LogP contribution is -2.62. The van der Waals surface area contributed by atoms with Gasteiger partial charge in [0.25, 0.3) is 0 Å². The van der Waals surface area contributed by atoms with Gasteiger partial charge in [0.2, 0.25) is 5.78 Å². The maximum absolute atomic E-state index is 12.9. The van der Waals surface area contributed by atoms with Crippen LogP contribution in [0, 0.1) is 28.6 Å². The monoisotopic (exact) mass is 404 g/mol. The first kappa shape index (κ1) is 20.7. The number of carbonyl (C=O) groups is 3. The number of ketones is 2. The molecule has 0 saturated heterocycles. The number of rotatable bonds is 3. The summed E-state index contributed by atoms with van der Waals surface area (Å²) in [4.78, 5) is 36.0. The van der Waals surface area contributed by atoms with Gasteiger partial charge in [-0.3, -0.25) is 14.4 Å². The van der Waals surface area contributed by atoms with Crippen LogP contribution in [0.25, 0.3) is 0 Å². The lowest BCUT2D eigenvalue weighted by atomic mass is 9.45. The summed E-state index contributed by atoms with van der Waals surface area (Å²) in [6, 6.07) is 0. The Morgan fingerprint density at radius 3 is 2.62 bits per heavy atom. The van der Waals surface area contributed by atoms with Gasteiger partial charge in [0.15, 0.2) is 12.4 Å². The Labute approximate surface area is 171 Å². The quantitative estimate of drug-likeness (QED) is 0.701. The van der Waals surface area contributed by atoms with Gasteiger partial charge in [-0.2, -0.15) is 0 Å². The molecule has 0 heterocycles. The number of Topliss-reactive ketones (excluding diaryl/α,β-unsaturated/α-hetero) is 1. The van der Waals surface area contributed by atoms with E-state index in [2.05, 4.69) is 6.92 Å². The molecule has 3 fully saturated rings. The Morgan fingerprint density at radius 1 is 1.21 bits per heavy atom. The third-order valence-corrected chi connectivity index (χ3v) is 8.92. The van der Waals surface area contributed by atoms with E-state index in [1.54, 1.807) is 6.08 Å². The van der Waals surface area contributed by atoms with Crippen molar-refractivity contribution in [3.63, 3.8) is 0 Å². The second kappa shape index (κ2) is 6.74. The fourth-order valence-corrected chi connectivity index (χ4v) is 7.44. The summed E-state index contributed by atoms with van der Waals surface area (Å²) in [5, 5.41) is 22.8.